The normalized spacial score (nSPS) is 10.8. The van der Waals surface area contributed by atoms with Crippen LogP contribution in [0.15, 0.2) is 72.8 Å². The van der Waals surface area contributed by atoms with Crippen LogP contribution in [0.2, 0.25) is 0 Å². The number of rotatable bonds is 10. The fourth-order valence-corrected chi connectivity index (χ4v) is 3.79. The van der Waals surface area contributed by atoms with Gasteiger partial charge in [-0.15, -0.1) is 0 Å². The number of benzene rings is 4. The quantitative estimate of drug-likeness (QED) is 0.228. The predicted octanol–water partition coefficient (Wildman–Crippen LogP) is 6.25. The number of carbonyl (C=O) groups is 2. The van der Waals surface area contributed by atoms with Gasteiger partial charge in [0, 0.05) is 21.9 Å². The van der Waals surface area contributed by atoms with E-state index in [2.05, 4.69) is 0 Å². The van der Waals surface area contributed by atoms with Gasteiger partial charge in [-0.25, -0.2) is 0 Å². The molecule has 0 aromatic heterocycles. The summed E-state index contributed by atoms with van der Waals surface area (Å²) in [5.74, 6) is 1.61. The van der Waals surface area contributed by atoms with Gasteiger partial charge in [0.1, 0.15) is 11.5 Å². The number of hydrogen-bond donors (Lipinski definition) is 0. The third-order valence-corrected chi connectivity index (χ3v) is 5.39. The molecule has 0 N–H and O–H groups in total. The minimum Gasteiger partial charge on any atom is -0.493 e. The molecular formula is C27H24O4. The third-order valence-electron chi connectivity index (χ3n) is 5.39. The van der Waals surface area contributed by atoms with Crippen LogP contribution in [0, 0.1) is 0 Å². The van der Waals surface area contributed by atoms with Gasteiger partial charge >= 0.3 is 0 Å². The van der Waals surface area contributed by atoms with Crippen LogP contribution < -0.4 is 9.47 Å². The number of aldehydes is 2. The van der Waals surface area contributed by atoms with Gasteiger partial charge in [0.05, 0.1) is 13.2 Å². The Labute approximate surface area is 181 Å². The molecule has 0 amide bonds. The van der Waals surface area contributed by atoms with Crippen molar-refractivity contribution in [3.8, 4) is 11.5 Å². The molecule has 156 valence electrons. The lowest BCUT2D eigenvalue weighted by Gasteiger charge is -2.12. The molecule has 0 aliphatic heterocycles. The highest BCUT2D eigenvalue weighted by atomic mass is 16.5. The summed E-state index contributed by atoms with van der Waals surface area (Å²) in [5.41, 5.74) is 1.35. The Morgan fingerprint density at radius 1 is 0.516 bits per heavy atom. The summed E-state index contributed by atoms with van der Waals surface area (Å²) in [7, 11) is 0. The average Bonchev–Trinajstić information content (AvgIpc) is 2.83. The summed E-state index contributed by atoms with van der Waals surface area (Å²) >= 11 is 0. The maximum absolute atomic E-state index is 11.2. The van der Waals surface area contributed by atoms with Gasteiger partial charge in [-0.3, -0.25) is 9.59 Å². The van der Waals surface area contributed by atoms with Crippen LogP contribution in [0.1, 0.15) is 40.0 Å². The Kier molecular flexibility index (Phi) is 6.58. The average molecular weight is 412 g/mol. The predicted molar refractivity (Wildman–Crippen MR) is 124 cm³/mol. The Morgan fingerprint density at radius 3 is 1.35 bits per heavy atom. The number of unbranched alkanes of at least 4 members (excludes halogenated alkanes) is 2. The highest BCUT2D eigenvalue weighted by Crippen LogP contribution is 2.29. The van der Waals surface area contributed by atoms with Crippen LogP contribution in [0.5, 0.6) is 11.5 Å². The first-order chi connectivity index (χ1) is 15.3. The Hall–Kier alpha value is -3.66. The van der Waals surface area contributed by atoms with Gasteiger partial charge in [0.15, 0.2) is 12.6 Å². The lowest BCUT2D eigenvalue weighted by atomic mass is 10.0. The van der Waals surface area contributed by atoms with Crippen LogP contribution in [0.4, 0.5) is 0 Å². The maximum atomic E-state index is 11.2. The zero-order valence-electron chi connectivity index (χ0n) is 17.3. The van der Waals surface area contributed by atoms with E-state index in [4.69, 9.17) is 9.47 Å². The Morgan fingerprint density at radius 2 is 0.935 bits per heavy atom. The largest absolute Gasteiger partial charge is 0.493 e. The monoisotopic (exact) mass is 412 g/mol. The van der Waals surface area contributed by atoms with Crippen LogP contribution in [-0.2, 0) is 0 Å². The van der Waals surface area contributed by atoms with Gasteiger partial charge in [0.2, 0.25) is 0 Å². The van der Waals surface area contributed by atoms with Crippen LogP contribution in [0.25, 0.3) is 21.5 Å². The van der Waals surface area contributed by atoms with E-state index in [1.165, 1.54) is 0 Å². The van der Waals surface area contributed by atoms with Crippen molar-refractivity contribution < 1.29 is 19.1 Å². The van der Waals surface area contributed by atoms with Crippen LogP contribution in [0.3, 0.4) is 0 Å². The molecule has 0 fully saturated rings. The molecule has 0 spiro atoms. The highest BCUT2D eigenvalue weighted by Gasteiger charge is 2.07. The molecule has 0 radical (unpaired) electrons. The van der Waals surface area contributed by atoms with Crippen molar-refractivity contribution in [2.75, 3.05) is 13.2 Å². The van der Waals surface area contributed by atoms with E-state index in [-0.39, 0.29) is 0 Å². The molecule has 4 heteroatoms. The first-order valence-electron chi connectivity index (χ1n) is 10.5. The molecule has 0 unspecified atom stereocenters. The van der Waals surface area contributed by atoms with E-state index in [0.717, 1.165) is 64.9 Å². The van der Waals surface area contributed by atoms with Crippen molar-refractivity contribution in [1.82, 2.24) is 0 Å². The number of fused-ring (bicyclic) bond motifs is 2. The summed E-state index contributed by atoms with van der Waals surface area (Å²) < 4.78 is 12.0. The fraction of sp³-hybridized carbons (Fsp3) is 0.185. The summed E-state index contributed by atoms with van der Waals surface area (Å²) in [4.78, 5) is 22.5. The van der Waals surface area contributed by atoms with Gasteiger partial charge in [0.25, 0.3) is 0 Å². The molecule has 0 bridgehead atoms. The lowest BCUT2D eigenvalue weighted by molar-refractivity contribution is 0.111. The second-order valence-electron chi connectivity index (χ2n) is 7.39. The minimum atomic E-state index is 0.612. The smallest absolute Gasteiger partial charge is 0.150 e. The molecular weight excluding hydrogens is 388 g/mol. The zero-order chi connectivity index (χ0) is 21.5. The number of hydrogen-bond acceptors (Lipinski definition) is 4. The molecule has 31 heavy (non-hydrogen) atoms. The van der Waals surface area contributed by atoms with Crippen molar-refractivity contribution in [3.05, 3.63) is 83.9 Å². The number of ether oxygens (including phenoxy) is 2. The van der Waals surface area contributed by atoms with E-state index in [0.29, 0.717) is 24.3 Å². The van der Waals surface area contributed by atoms with E-state index >= 15 is 0 Å². The highest BCUT2D eigenvalue weighted by molar-refractivity contribution is 6.01. The second kappa shape index (κ2) is 9.90. The van der Waals surface area contributed by atoms with E-state index in [1.807, 2.05) is 60.7 Å². The van der Waals surface area contributed by atoms with Crippen molar-refractivity contribution in [3.63, 3.8) is 0 Å². The summed E-state index contributed by atoms with van der Waals surface area (Å²) in [5, 5.41) is 3.75. The fourth-order valence-electron chi connectivity index (χ4n) is 3.79. The van der Waals surface area contributed by atoms with Crippen molar-refractivity contribution in [1.29, 1.82) is 0 Å². The van der Waals surface area contributed by atoms with Crippen LogP contribution >= 0.6 is 0 Å². The summed E-state index contributed by atoms with van der Waals surface area (Å²) in [6.07, 6.45) is 4.56. The van der Waals surface area contributed by atoms with Gasteiger partial charge in [-0.05, 0) is 54.3 Å². The molecule has 0 aliphatic carbocycles. The standard InChI is InChI=1S/C27H24O4/c28-18-20-12-14-26(24-10-4-2-8-22(20)24)30-16-6-1-7-17-31-27-15-13-21(19-29)23-9-3-5-11-25(23)27/h2-5,8-15,18-19H,1,6-7,16-17H2. The van der Waals surface area contributed by atoms with Crippen molar-refractivity contribution in [2.45, 2.75) is 19.3 Å². The van der Waals surface area contributed by atoms with Crippen molar-refractivity contribution in [2.24, 2.45) is 0 Å². The van der Waals surface area contributed by atoms with Gasteiger partial charge in [-0.1, -0.05) is 48.5 Å². The van der Waals surface area contributed by atoms with E-state index < -0.39 is 0 Å². The molecule has 4 aromatic rings. The maximum Gasteiger partial charge on any atom is 0.150 e. The molecule has 4 aromatic carbocycles. The molecule has 0 atom stereocenters. The van der Waals surface area contributed by atoms with Crippen molar-refractivity contribution >= 4 is 34.1 Å². The van der Waals surface area contributed by atoms with E-state index in [9.17, 15) is 9.59 Å². The first kappa shape index (κ1) is 20.6. The molecule has 4 nitrogen and oxygen atoms in total. The summed E-state index contributed by atoms with van der Waals surface area (Å²) in [6, 6.07) is 22.9. The third kappa shape index (κ3) is 4.58. The number of carbonyl (C=O) groups excluding carboxylic acids is 2. The zero-order valence-corrected chi connectivity index (χ0v) is 17.3. The van der Waals surface area contributed by atoms with E-state index in [1.54, 1.807) is 12.1 Å². The Balaban J connectivity index is 1.27. The molecule has 0 aliphatic rings. The second-order valence-corrected chi connectivity index (χ2v) is 7.39. The topological polar surface area (TPSA) is 52.6 Å². The SMILES string of the molecule is O=Cc1ccc(OCCCCCOc2ccc(C=O)c3ccccc23)c2ccccc12. The molecule has 4 rings (SSSR count). The molecule has 0 saturated heterocycles. The first-order valence-corrected chi connectivity index (χ1v) is 10.5. The van der Waals surface area contributed by atoms with Crippen LogP contribution in [-0.4, -0.2) is 25.8 Å². The molecule has 0 heterocycles. The Bertz CT molecular complexity index is 1120. The lowest BCUT2D eigenvalue weighted by Crippen LogP contribution is -2.02. The van der Waals surface area contributed by atoms with Gasteiger partial charge in [-0.2, -0.15) is 0 Å². The van der Waals surface area contributed by atoms with Gasteiger partial charge < -0.3 is 9.47 Å². The molecule has 0 saturated carbocycles. The minimum absolute atomic E-state index is 0.612. The summed E-state index contributed by atoms with van der Waals surface area (Å²) in [6.45, 7) is 1.22.